The van der Waals surface area contributed by atoms with Gasteiger partial charge in [0, 0.05) is 11.4 Å². The highest BCUT2D eigenvalue weighted by Gasteiger charge is 2.11. The summed E-state index contributed by atoms with van der Waals surface area (Å²) >= 11 is 0. The van der Waals surface area contributed by atoms with Crippen LogP contribution in [0.25, 0.3) is 0 Å². The number of rotatable bonds is 5. The normalized spacial score (nSPS) is 11.0. The number of anilines is 2. The highest BCUT2D eigenvalue weighted by Crippen LogP contribution is 2.16. The fourth-order valence-corrected chi connectivity index (χ4v) is 2.07. The Labute approximate surface area is 126 Å². The van der Waals surface area contributed by atoms with E-state index < -0.39 is 21.0 Å². The lowest BCUT2D eigenvalue weighted by Gasteiger charge is -2.08. The van der Waals surface area contributed by atoms with Crippen LogP contribution in [-0.2, 0) is 15.0 Å². The molecule has 0 aromatic heterocycles. The largest absolute Gasteiger partial charge is 0.484 e. The van der Waals surface area contributed by atoms with E-state index in [0.29, 0.717) is 17.1 Å². The zero-order chi connectivity index (χ0) is 16.2. The molecule has 0 aliphatic rings. The highest BCUT2D eigenvalue weighted by atomic mass is 32.3. The minimum Gasteiger partial charge on any atom is -0.484 e. The Morgan fingerprint density at radius 3 is 2.23 bits per heavy atom. The second-order valence-electron chi connectivity index (χ2n) is 4.37. The first-order valence-electron chi connectivity index (χ1n) is 6.17. The molecule has 2 aromatic rings. The van der Waals surface area contributed by atoms with Gasteiger partial charge in [0.15, 0.2) is 6.61 Å². The molecule has 0 saturated carbocycles. The molecule has 0 saturated heterocycles. The molecule has 0 aliphatic heterocycles. The molecule has 8 heteroatoms. The third-order valence-corrected chi connectivity index (χ3v) is 3.50. The highest BCUT2D eigenvalue weighted by molar-refractivity contribution is 7.86. The Morgan fingerprint density at radius 1 is 1.09 bits per heavy atom. The van der Waals surface area contributed by atoms with Gasteiger partial charge in [-0.15, -0.1) is 3.89 Å². The minimum atomic E-state index is -4.75. The van der Waals surface area contributed by atoms with Crippen molar-refractivity contribution < 1.29 is 21.8 Å². The van der Waals surface area contributed by atoms with Gasteiger partial charge in [0.2, 0.25) is 0 Å². The molecule has 0 aliphatic carbocycles. The first-order valence-corrected chi connectivity index (χ1v) is 7.56. The SMILES string of the molecule is Nc1ccc(OCC(=O)Nc2ccc(S(=O)(=O)F)cc2)cc1. The minimum absolute atomic E-state index is 0.229. The fourth-order valence-electron chi connectivity index (χ4n) is 1.61. The van der Waals surface area contributed by atoms with Gasteiger partial charge in [-0.05, 0) is 48.5 Å². The monoisotopic (exact) mass is 324 g/mol. The van der Waals surface area contributed by atoms with Crippen molar-refractivity contribution in [2.45, 2.75) is 4.90 Å². The van der Waals surface area contributed by atoms with Crippen LogP contribution in [0.2, 0.25) is 0 Å². The van der Waals surface area contributed by atoms with E-state index >= 15 is 0 Å². The zero-order valence-corrected chi connectivity index (χ0v) is 12.1. The Kier molecular flexibility index (Phi) is 4.62. The molecule has 1 amide bonds. The van der Waals surface area contributed by atoms with Crippen LogP contribution in [0.3, 0.4) is 0 Å². The average Bonchev–Trinajstić information content (AvgIpc) is 2.46. The van der Waals surface area contributed by atoms with Crippen LogP contribution in [0.1, 0.15) is 0 Å². The van der Waals surface area contributed by atoms with E-state index in [-0.39, 0.29) is 6.61 Å². The molecule has 0 atom stereocenters. The summed E-state index contributed by atoms with van der Waals surface area (Å²) in [5, 5.41) is 2.50. The summed E-state index contributed by atoms with van der Waals surface area (Å²) in [5.41, 5.74) is 6.44. The molecule has 2 rings (SSSR count). The van der Waals surface area contributed by atoms with E-state index in [0.717, 1.165) is 12.1 Å². The van der Waals surface area contributed by atoms with Gasteiger partial charge in [-0.1, -0.05) is 0 Å². The lowest BCUT2D eigenvalue weighted by molar-refractivity contribution is -0.118. The number of carbonyl (C=O) groups is 1. The molecular weight excluding hydrogens is 311 g/mol. The molecule has 116 valence electrons. The predicted molar refractivity (Wildman–Crippen MR) is 79.7 cm³/mol. The number of nitrogen functional groups attached to an aromatic ring is 1. The molecule has 6 nitrogen and oxygen atoms in total. The smallest absolute Gasteiger partial charge is 0.332 e. The summed E-state index contributed by atoms with van der Waals surface area (Å²) in [6, 6.07) is 11.2. The van der Waals surface area contributed by atoms with Crippen LogP contribution >= 0.6 is 0 Å². The zero-order valence-electron chi connectivity index (χ0n) is 11.3. The van der Waals surface area contributed by atoms with Gasteiger partial charge in [0.25, 0.3) is 5.91 Å². The van der Waals surface area contributed by atoms with Crippen molar-refractivity contribution in [2.75, 3.05) is 17.7 Å². The third-order valence-electron chi connectivity index (χ3n) is 2.67. The predicted octanol–water partition coefficient (Wildman–Crippen LogP) is 1.94. The Hall–Kier alpha value is -2.61. The number of nitrogens with two attached hydrogens (primary N) is 1. The van der Waals surface area contributed by atoms with Crippen molar-refractivity contribution in [3.63, 3.8) is 0 Å². The number of benzene rings is 2. The fraction of sp³-hybridized carbons (Fsp3) is 0.0714. The van der Waals surface area contributed by atoms with Crippen LogP contribution < -0.4 is 15.8 Å². The molecule has 0 unspecified atom stereocenters. The van der Waals surface area contributed by atoms with Crippen LogP contribution in [0.5, 0.6) is 5.75 Å². The van der Waals surface area contributed by atoms with E-state index in [1.165, 1.54) is 12.1 Å². The molecule has 3 N–H and O–H groups in total. The third kappa shape index (κ3) is 4.45. The quantitative estimate of drug-likeness (QED) is 0.647. The van der Waals surface area contributed by atoms with Gasteiger partial charge in [0.1, 0.15) is 5.75 Å². The number of hydrogen-bond donors (Lipinski definition) is 2. The van der Waals surface area contributed by atoms with Crippen molar-refractivity contribution in [2.24, 2.45) is 0 Å². The molecule has 0 fully saturated rings. The summed E-state index contributed by atoms with van der Waals surface area (Å²) in [7, 11) is -4.75. The number of halogens is 1. The van der Waals surface area contributed by atoms with Crippen molar-refractivity contribution in [3.05, 3.63) is 48.5 Å². The first kappa shape index (κ1) is 15.8. The second-order valence-corrected chi connectivity index (χ2v) is 5.72. The summed E-state index contributed by atoms with van der Waals surface area (Å²) in [6.45, 7) is -0.229. The van der Waals surface area contributed by atoms with E-state index in [1.807, 2.05) is 0 Å². The molecule has 0 bridgehead atoms. The summed E-state index contributed by atoms with van der Waals surface area (Å²) in [4.78, 5) is 11.2. The van der Waals surface area contributed by atoms with Gasteiger partial charge >= 0.3 is 10.2 Å². The topological polar surface area (TPSA) is 98.5 Å². The van der Waals surface area contributed by atoms with E-state index in [1.54, 1.807) is 24.3 Å². The van der Waals surface area contributed by atoms with E-state index in [9.17, 15) is 17.1 Å². The maximum absolute atomic E-state index is 12.7. The maximum Gasteiger partial charge on any atom is 0.332 e. The van der Waals surface area contributed by atoms with Crippen molar-refractivity contribution in [3.8, 4) is 5.75 Å². The van der Waals surface area contributed by atoms with Crippen LogP contribution in [-0.4, -0.2) is 20.9 Å². The average molecular weight is 324 g/mol. The Balaban J connectivity index is 1.90. The van der Waals surface area contributed by atoms with Crippen molar-refractivity contribution in [1.82, 2.24) is 0 Å². The Morgan fingerprint density at radius 2 is 1.68 bits per heavy atom. The first-order chi connectivity index (χ1) is 10.3. The molecule has 0 spiro atoms. The van der Waals surface area contributed by atoms with E-state index in [4.69, 9.17) is 10.5 Å². The number of nitrogens with one attached hydrogen (secondary N) is 1. The second kappa shape index (κ2) is 6.44. The summed E-state index contributed by atoms with van der Waals surface area (Å²) in [6.07, 6.45) is 0. The summed E-state index contributed by atoms with van der Waals surface area (Å²) in [5.74, 6) is 0.0518. The number of carbonyl (C=O) groups excluding carboxylic acids is 1. The van der Waals surface area contributed by atoms with Gasteiger partial charge in [-0.2, -0.15) is 8.42 Å². The molecule has 2 aromatic carbocycles. The molecule has 0 heterocycles. The maximum atomic E-state index is 12.7. The lowest BCUT2D eigenvalue weighted by Crippen LogP contribution is -2.20. The molecular formula is C14H13FN2O4S. The van der Waals surface area contributed by atoms with Gasteiger partial charge in [-0.3, -0.25) is 4.79 Å². The van der Waals surface area contributed by atoms with Gasteiger partial charge in [-0.25, -0.2) is 0 Å². The molecule has 0 radical (unpaired) electrons. The summed E-state index contributed by atoms with van der Waals surface area (Å²) < 4.78 is 39.3. The lowest BCUT2D eigenvalue weighted by atomic mass is 10.3. The van der Waals surface area contributed by atoms with Gasteiger partial charge in [0.05, 0.1) is 4.90 Å². The van der Waals surface area contributed by atoms with Crippen LogP contribution in [0, 0.1) is 0 Å². The van der Waals surface area contributed by atoms with Crippen molar-refractivity contribution >= 4 is 27.5 Å². The van der Waals surface area contributed by atoms with Crippen molar-refractivity contribution in [1.29, 1.82) is 0 Å². The number of hydrogen-bond acceptors (Lipinski definition) is 5. The number of ether oxygens (including phenoxy) is 1. The standard InChI is InChI=1S/C14H13FN2O4S/c15-22(19,20)13-7-3-11(4-8-13)17-14(18)9-21-12-5-1-10(16)2-6-12/h1-8H,9,16H2,(H,17,18). The number of amides is 1. The van der Waals surface area contributed by atoms with E-state index in [2.05, 4.69) is 5.32 Å². The Bertz CT molecular complexity index is 758. The van der Waals surface area contributed by atoms with Crippen LogP contribution in [0.4, 0.5) is 15.3 Å². The van der Waals surface area contributed by atoms with Gasteiger partial charge < -0.3 is 15.8 Å². The molecule has 22 heavy (non-hydrogen) atoms. The van der Waals surface area contributed by atoms with Crippen LogP contribution in [0.15, 0.2) is 53.4 Å².